The Morgan fingerprint density at radius 3 is 2.06 bits per heavy atom. The standard InChI is InChI=1S/C22H16F7NO.C2H6/c1-13-7-8-16(14-5-3-2-4-6-14)21(30(13)11-19(25)26)20-17(23)9-15(10-18(20)24)31-12-22(27,28)29;1-2/h2-10,19H,1,11-12H2;1-2H3. The van der Waals surface area contributed by atoms with Crippen LogP contribution in [0.1, 0.15) is 25.0 Å². The lowest BCUT2D eigenvalue weighted by atomic mass is 9.94. The van der Waals surface area contributed by atoms with Crippen LogP contribution in [0.15, 0.2) is 66.9 Å². The Bertz CT molecular complexity index is 1000. The van der Waals surface area contributed by atoms with E-state index in [0.29, 0.717) is 17.7 Å². The van der Waals surface area contributed by atoms with Crippen LogP contribution in [0.3, 0.4) is 0 Å². The summed E-state index contributed by atoms with van der Waals surface area (Å²) in [6.45, 7) is 5.04. The molecule has 2 aromatic carbocycles. The van der Waals surface area contributed by atoms with E-state index in [-0.39, 0.29) is 17.0 Å². The highest BCUT2D eigenvalue weighted by atomic mass is 19.4. The second kappa shape index (κ2) is 11.1. The molecule has 0 saturated carbocycles. The summed E-state index contributed by atoms with van der Waals surface area (Å²) in [5, 5.41) is 0. The SMILES string of the molecule is C=C1C=CC(c2ccccc2)=C(c2c(F)cc(OCC(F)(F)F)cc2F)N1CC(F)F.CC. The van der Waals surface area contributed by atoms with Gasteiger partial charge in [0.1, 0.15) is 17.4 Å². The monoisotopic (exact) mass is 473 g/mol. The molecule has 9 heteroatoms. The number of allylic oxidation sites excluding steroid dienone is 3. The van der Waals surface area contributed by atoms with Crippen LogP contribution in [0.4, 0.5) is 30.7 Å². The summed E-state index contributed by atoms with van der Waals surface area (Å²) in [5.41, 5.74) is -0.0703. The predicted molar refractivity (Wildman–Crippen MR) is 114 cm³/mol. The molecule has 0 aromatic heterocycles. The zero-order valence-electron chi connectivity index (χ0n) is 17.9. The summed E-state index contributed by atoms with van der Waals surface area (Å²) in [6, 6.07) is 9.46. The van der Waals surface area contributed by atoms with Crippen molar-refractivity contribution < 1.29 is 35.5 Å². The Labute approximate surface area is 187 Å². The molecule has 2 nitrogen and oxygen atoms in total. The molecule has 2 aromatic rings. The molecule has 1 aliphatic heterocycles. The van der Waals surface area contributed by atoms with Crippen molar-refractivity contribution in [3.05, 3.63) is 89.7 Å². The van der Waals surface area contributed by atoms with Crippen LogP contribution >= 0.6 is 0 Å². The lowest BCUT2D eigenvalue weighted by Crippen LogP contribution is -2.29. The number of rotatable bonds is 6. The van der Waals surface area contributed by atoms with E-state index < -0.39 is 48.7 Å². The van der Waals surface area contributed by atoms with Gasteiger partial charge in [-0.1, -0.05) is 56.8 Å². The summed E-state index contributed by atoms with van der Waals surface area (Å²) >= 11 is 0. The van der Waals surface area contributed by atoms with E-state index >= 15 is 0 Å². The molecule has 3 rings (SSSR count). The van der Waals surface area contributed by atoms with Crippen LogP contribution in [0.5, 0.6) is 5.75 Å². The molecule has 0 fully saturated rings. The lowest BCUT2D eigenvalue weighted by molar-refractivity contribution is -0.153. The van der Waals surface area contributed by atoms with E-state index in [0.717, 1.165) is 4.90 Å². The molecule has 0 unspecified atom stereocenters. The summed E-state index contributed by atoms with van der Waals surface area (Å²) in [5.74, 6) is -3.20. The van der Waals surface area contributed by atoms with Crippen molar-refractivity contribution >= 4 is 11.3 Å². The van der Waals surface area contributed by atoms with Gasteiger partial charge in [-0.15, -0.1) is 0 Å². The number of hydrogen-bond donors (Lipinski definition) is 0. The van der Waals surface area contributed by atoms with Crippen LogP contribution in [-0.4, -0.2) is 30.7 Å². The summed E-state index contributed by atoms with van der Waals surface area (Å²) in [7, 11) is 0. The van der Waals surface area contributed by atoms with Crippen LogP contribution in [0, 0.1) is 11.6 Å². The van der Waals surface area contributed by atoms with E-state index in [4.69, 9.17) is 0 Å². The third-order valence-corrected chi connectivity index (χ3v) is 4.37. The molecule has 1 aliphatic rings. The number of alkyl halides is 5. The van der Waals surface area contributed by atoms with Gasteiger partial charge in [0, 0.05) is 23.4 Å². The molecule has 33 heavy (non-hydrogen) atoms. The molecule has 0 radical (unpaired) electrons. The highest BCUT2D eigenvalue weighted by Crippen LogP contribution is 2.40. The van der Waals surface area contributed by atoms with Gasteiger partial charge < -0.3 is 9.64 Å². The van der Waals surface area contributed by atoms with Crippen molar-refractivity contribution in [1.82, 2.24) is 4.90 Å². The molecule has 0 spiro atoms. The minimum absolute atomic E-state index is 0.0752. The van der Waals surface area contributed by atoms with E-state index in [1.807, 2.05) is 13.8 Å². The highest BCUT2D eigenvalue weighted by molar-refractivity contribution is 5.97. The fourth-order valence-corrected chi connectivity index (χ4v) is 3.13. The van der Waals surface area contributed by atoms with Crippen molar-refractivity contribution in [3.8, 4) is 5.75 Å². The smallest absolute Gasteiger partial charge is 0.422 e. The maximum absolute atomic E-state index is 14.9. The molecule has 178 valence electrons. The average Bonchev–Trinajstić information content (AvgIpc) is 2.75. The van der Waals surface area contributed by atoms with Gasteiger partial charge in [0.05, 0.1) is 17.8 Å². The maximum atomic E-state index is 14.9. The summed E-state index contributed by atoms with van der Waals surface area (Å²) in [6.07, 6.45) is -4.63. The minimum atomic E-state index is -4.70. The highest BCUT2D eigenvalue weighted by Gasteiger charge is 2.31. The molecule has 0 amide bonds. The minimum Gasteiger partial charge on any atom is -0.484 e. The second-order valence-corrected chi connectivity index (χ2v) is 6.62. The van der Waals surface area contributed by atoms with Gasteiger partial charge in [-0.25, -0.2) is 17.6 Å². The van der Waals surface area contributed by atoms with E-state index in [9.17, 15) is 30.7 Å². The van der Waals surface area contributed by atoms with Crippen LogP contribution < -0.4 is 4.74 Å². The molecule has 0 bridgehead atoms. The lowest BCUT2D eigenvalue weighted by Gasteiger charge is -2.33. The fraction of sp³-hybridized carbons (Fsp3) is 0.250. The van der Waals surface area contributed by atoms with Gasteiger partial charge in [0.15, 0.2) is 6.61 Å². The van der Waals surface area contributed by atoms with E-state index in [1.54, 1.807) is 30.3 Å². The Kier molecular flexibility index (Phi) is 8.73. The van der Waals surface area contributed by atoms with Gasteiger partial charge in [0.2, 0.25) is 0 Å². The zero-order valence-corrected chi connectivity index (χ0v) is 17.9. The first-order chi connectivity index (χ1) is 15.6. The Morgan fingerprint density at radius 1 is 0.970 bits per heavy atom. The molecule has 1 heterocycles. The van der Waals surface area contributed by atoms with Crippen LogP contribution in [0.25, 0.3) is 11.3 Å². The normalized spacial score (nSPS) is 13.9. The van der Waals surface area contributed by atoms with Gasteiger partial charge >= 0.3 is 6.18 Å². The van der Waals surface area contributed by atoms with Crippen molar-refractivity contribution in [2.24, 2.45) is 0 Å². The van der Waals surface area contributed by atoms with Crippen LogP contribution in [0.2, 0.25) is 0 Å². The first-order valence-electron chi connectivity index (χ1n) is 9.98. The Morgan fingerprint density at radius 2 is 1.55 bits per heavy atom. The van der Waals surface area contributed by atoms with Crippen LogP contribution in [-0.2, 0) is 0 Å². The average molecular weight is 473 g/mol. The number of halogens is 7. The van der Waals surface area contributed by atoms with Crippen molar-refractivity contribution in [1.29, 1.82) is 0 Å². The number of benzene rings is 2. The van der Waals surface area contributed by atoms with Gasteiger partial charge in [0.25, 0.3) is 6.43 Å². The summed E-state index contributed by atoms with van der Waals surface area (Å²) < 4.78 is 97.8. The van der Waals surface area contributed by atoms with Crippen molar-refractivity contribution in [3.63, 3.8) is 0 Å². The first kappa shape index (κ1) is 26.0. The molecule has 0 N–H and O–H groups in total. The number of nitrogens with zero attached hydrogens (tertiary/aromatic N) is 1. The molecule has 0 aliphatic carbocycles. The third-order valence-electron chi connectivity index (χ3n) is 4.37. The fourth-order valence-electron chi connectivity index (χ4n) is 3.13. The zero-order chi connectivity index (χ0) is 24.8. The number of hydrogen-bond acceptors (Lipinski definition) is 2. The van der Waals surface area contributed by atoms with E-state index in [1.165, 1.54) is 12.2 Å². The van der Waals surface area contributed by atoms with Gasteiger partial charge in [-0.2, -0.15) is 13.2 Å². The van der Waals surface area contributed by atoms with E-state index in [2.05, 4.69) is 11.3 Å². The first-order valence-corrected chi connectivity index (χ1v) is 9.98. The topological polar surface area (TPSA) is 12.5 Å². The van der Waals surface area contributed by atoms with Crippen molar-refractivity contribution in [2.45, 2.75) is 26.4 Å². The Hall–Kier alpha value is -3.23. The summed E-state index contributed by atoms with van der Waals surface area (Å²) in [4.78, 5) is 0.977. The third kappa shape index (κ3) is 6.63. The van der Waals surface area contributed by atoms with Gasteiger partial charge in [-0.3, -0.25) is 0 Å². The molecule has 0 atom stereocenters. The molecule has 0 saturated heterocycles. The molecular weight excluding hydrogens is 451 g/mol. The quantitative estimate of drug-likeness (QED) is 0.404. The Balaban J connectivity index is 0.00000187. The second-order valence-electron chi connectivity index (χ2n) is 6.62. The maximum Gasteiger partial charge on any atom is 0.422 e. The number of ether oxygens (including phenoxy) is 1. The van der Waals surface area contributed by atoms with Crippen molar-refractivity contribution in [2.75, 3.05) is 13.2 Å². The predicted octanol–water partition coefficient (Wildman–Crippen LogP) is 7.45. The van der Waals surface area contributed by atoms with Gasteiger partial charge in [-0.05, 0) is 11.6 Å². The molecular formula is C24H22F7NO. The largest absolute Gasteiger partial charge is 0.484 e.